The van der Waals surface area contributed by atoms with Crippen LogP contribution in [0.1, 0.15) is 5.56 Å². The lowest BCUT2D eigenvalue weighted by atomic mass is 10.2. The van der Waals surface area contributed by atoms with Gasteiger partial charge in [0.15, 0.2) is 0 Å². The van der Waals surface area contributed by atoms with Gasteiger partial charge in [-0.25, -0.2) is 0 Å². The molecule has 1 rings (SSSR count). The van der Waals surface area contributed by atoms with E-state index in [0.717, 1.165) is 0 Å². The van der Waals surface area contributed by atoms with Gasteiger partial charge in [0, 0.05) is 5.56 Å². The fourth-order valence-corrected chi connectivity index (χ4v) is 1.82. The fraction of sp³-hybridized carbons (Fsp3) is 0.143. The van der Waals surface area contributed by atoms with Gasteiger partial charge in [0.2, 0.25) is 0 Å². The van der Waals surface area contributed by atoms with E-state index in [1.165, 1.54) is 0 Å². The molecule has 0 spiro atoms. The lowest BCUT2D eigenvalue weighted by molar-refractivity contribution is -0.386. The molecule has 0 aliphatic carbocycles. The zero-order valence-corrected chi connectivity index (χ0v) is 9.09. The Morgan fingerprint density at radius 2 is 2.17 bits per heavy atom. The molecule has 0 N–H and O–H groups in total. The molecule has 64 valence electrons. The fourth-order valence-electron chi connectivity index (χ4n) is 0.861. The summed E-state index contributed by atoms with van der Waals surface area (Å²) in [6.07, 6.45) is 0. The van der Waals surface area contributed by atoms with Crippen LogP contribution >= 0.6 is 34.2 Å². The first-order chi connectivity index (χ1) is 5.54. The van der Waals surface area contributed by atoms with E-state index in [9.17, 15) is 10.1 Å². The molecule has 1 aromatic rings. The topological polar surface area (TPSA) is 43.1 Å². The molecule has 0 amide bonds. The van der Waals surface area contributed by atoms with Crippen LogP contribution in [0.4, 0.5) is 5.69 Å². The van der Waals surface area contributed by atoms with Crippen LogP contribution in [0.5, 0.6) is 0 Å². The van der Waals surface area contributed by atoms with Gasteiger partial charge in [-0.3, -0.25) is 10.1 Å². The van der Waals surface area contributed by atoms with Crippen molar-refractivity contribution in [3.63, 3.8) is 0 Å². The molecule has 0 bridgehead atoms. The van der Waals surface area contributed by atoms with Crippen LogP contribution in [-0.2, 0) is 0 Å². The third-order valence-corrected chi connectivity index (χ3v) is 3.18. The summed E-state index contributed by atoms with van der Waals surface area (Å²) in [5, 5.41) is 11.0. The van der Waals surface area contributed by atoms with Crippen LogP contribution in [0.2, 0.25) is 5.02 Å². The van der Waals surface area contributed by atoms with Crippen LogP contribution in [0, 0.1) is 20.6 Å². The van der Waals surface area contributed by atoms with Crippen LogP contribution in [0.25, 0.3) is 0 Å². The number of hydrogen-bond donors (Lipinski definition) is 0. The zero-order chi connectivity index (χ0) is 9.30. The van der Waals surface area contributed by atoms with E-state index in [1.807, 2.05) is 22.6 Å². The van der Waals surface area contributed by atoms with E-state index < -0.39 is 4.92 Å². The Hall–Kier alpha value is -0.360. The van der Waals surface area contributed by atoms with Gasteiger partial charge in [0.25, 0.3) is 5.69 Å². The van der Waals surface area contributed by atoms with Gasteiger partial charge in [0.05, 0.1) is 9.95 Å². The maximum atomic E-state index is 10.5. The molecule has 5 heteroatoms. The molecule has 0 heterocycles. The molecule has 1 aromatic carbocycles. The second kappa shape index (κ2) is 3.57. The van der Waals surface area contributed by atoms with Crippen molar-refractivity contribution in [3.05, 3.63) is 36.4 Å². The van der Waals surface area contributed by atoms with Crippen LogP contribution in [-0.4, -0.2) is 4.92 Å². The standard InChI is InChI=1S/C7H5ClINO2/c1-4-2-3-5(8)6(9)7(4)10(11)12/h2-3H,1H3. The maximum absolute atomic E-state index is 10.5. The molecule has 0 atom stereocenters. The van der Waals surface area contributed by atoms with E-state index in [4.69, 9.17) is 11.6 Å². The molecule has 12 heavy (non-hydrogen) atoms. The van der Waals surface area contributed by atoms with E-state index in [0.29, 0.717) is 14.2 Å². The van der Waals surface area contributed by atoms with E-state index >= 15 is 0 Å². The molecule has 0 aliphatic rings. The predicted octanol–water partition coefficient (Wildman–Crippen LogP) is 3.16. The number of hydrogen-bond acceptors (Lipinski definition) is 2. The van der Waals surface area contributed by atoms with Gasteiger partial charge in [-0.05, 0) is 35.6 Å². The summed E-state index contributed by atoms with van der Waals surface area (Å²) in [5.41, 5.74) is 0.733. The number of nitrogens with zero attached hydrogens (tertiary/aromatic N) is 1. The number of rotatable bonds is 1. The van der Waals surface area contributed by atoms with Gasteiger partial charge in [-0.1, -0.05) is 17.7 Å². The quantitative estimate of drug-likeness (QED) is 0.454. The second-order valence-electron chi connectivity index (χ2n) is 2.28. The number of halogens is 2. The Bertz CT molecular complexity index is 340. The van der Waals surface area contributed by atoms with Gasteiger partial charge in [0.1, 0.15) is 3.57 Å². The van der Waals surface area contributed by atoms with Crippen molar-refractivity contribution in [1.82, 2.24) is 0 Å². The van der Waals surface area contributed by atoms with Crippen molar-refractivity contribution >= 4 is 39.9 Å². The summed E-state index contributed by atoms with van der Waals surface area (Å²) in [5.74, 6) is 0. The average molecular weight is 297 g/mol. The van der Waals surface area contributed by atoms with Crippen molar-refractivity contribution in [2.24, 2.45) is 0 Å². The highest BCUT2D eigenvalue weighted by molar-refractivity contribution is 14.1. The SMILES string of the molecule is Cc1ccc(Cl)c(I)c1[N+](=O)[O-]. The molecular weight excluding hydrogens is 292 g/mol. The molecule has 0 aromatic heterocycles. The summed E-state index contributed by atoms with van der Waals surface area (Å²) in [7, 11) is 0. The third-order valence-electron chi connectivity index (χ3n) is 1.45. The average Bonchev–Trinajstić information content (AvgIpc) is 1.97. The van der Waals surface area contributed by atoms with Crippen molar-refractivity contribution in [1.29, 1.82) is 0 Å². The minimum Gasteiger partial charge on any atom is -0.258 e. The number of aryl methyl sites for hydroxylation is 1. The van der Waals surface area contributed by atoms with Gasteiger partial charge in [-0.2, -0.15) is 0 Å². The third kappa shape index (κ3) is 1.69. The first-order valence-electron chi connectivity index (χ1n) is 3.13. The van der Waals surface area contributed by atoms with Crippen LogP contribution in [0.15, 0.2) is 12.1 Å². The largest absolute Gasteiger partial charge is 0.287 e. The van der Waals surface area contributed by atoms with E-state index in [1.54, 1.807) is 19.1 Å². The van der Waals surface area contributed by atoms with Crippen molar-refractivity contribution < 1.29 is 4.92 Å². The highest BCUT2D eigenvalue weighted by Gasteiger charge is 2.17. The normalized spacial score (nSPS) is 9.92. The van der Waals surface area contributed by atoms with E-state index in [-0.39, 0.29) is 5.69 Å². The van der Waals surface area contributed by atoms with Gasteiger partial charge in [-0.15, -0.1) is 0 Å². The first kappa shape index (κ1) is 9.73. The lowest BCUT2D eigenvalue weighted by Gasteiger charge is -2.00. The van der Waals surface area contributed by atoms with Crippen LogP contribution < -0.4 is 0 Å². The Labute approximate surface area is 88.0 Å². The second-order valence-corrected chi connectivity index (χ2v) is 3.77. The number of nitro groups is 1. The molecule has 0 saturated carbocycles. The highest BCUT2D eigenvalue weighted by atomic mass is 127. The molecule has 0 aliphatic heterocycles. The summed E-state index contributed by atoms with van der Waals surface area (Å²) in [6.45, 7) is 1.69. The van der Waals surface area contributed by atoms with Crippen molar-refractivity contribution in [2.45, 2.75) is 6.92 Å². The lowest BCUT2D eigenvalue weighted by Crippen LogP contribution is -1.95. The van der Waals surface area contributed by atoms with Crippen LogP contribution in [0.3, 0.4) is 0 Å². The Balaban J connectivity index is 3.43. The monoisotopic (exact) mass is 297 g/mol. The molecule has 0 fully saturated rings. The molecule has 3 nitrogen and oxygen atoms in total. The Morgan fingerprint density at radius 1 is 1.58 bits per heavy atom. The number of benzene rings is 1. The maximum Gasteiger partial charge on any atom is 0.287 e. The first-order valence-corrected chi connectivity index (χ1v) is 4.58. The minimum atomic E-state index is -0.414. The smallest absolute Gasteiger partial charge is 0.258 e. The zero-order valence-electron chi connectivity index (χ0n) is 6.17. The minimum absolute atomic E-state index is 0.100. The molecule has 0 unspecified atom stereocenters. The molecule has 0 radical (unpaired) electrons. The highest BCUT2D eigenvalue weighted by Crippen LogP contribution is 2.30. The van der Waals surface area contributed by atoms with E-state index in [2.05, 4.69) is 0 Å². The summed E-state index contributed by atoms with van der Waals surface area (Å²) in [6, 6.07) is 3.30. The molecular formula is C7H5ClINO2. The predicted molar refractivity (Wildman–Crippen MR) is 55.6 cm³/mol. The van der Waals surface area contributed by atoms with Gasteiger partial charge < -0.3 is 0 Å². The summed E-state index contributed by atoms with van der Waals surface area (Å²) < 4.78 is 0.499. The van der Waals surface area contributed by atoms with Gasteiger partial charge >= 0.3 is 0 Å². The Kier molecular flexibility index (Phi) is 2.89. The van der Waals surface area contributed by atoms with Crippen molar-refractivity contribution in [2.75, 3.05) is 0 Å². The number of nitro benzene ring substituents is 1. The molecule has 0 saturated heterocycles. The summed E-state index contributed by atoms with van der Waals surface area (Å²) in [4.78, 5) is 10.1. The van der Waals surface area contributed by atoms with Crippen molar-refractivity contribution in [3.8, 4) is 0 Å². The summed E-state index contributed by atoms with van der Waals surface area (Å²) >= 11 is 7.59. The Morgan fingerprint density at radius 3 is 2.58 bits per heavy atom.